The molecule has 0 fully saturated rings. The van der Waals surface area contributed by atoms with E-state index in [9.17, 15) is 19.5 Å². The Kier molecular flexibility index (Phi) is 52.6. The maximum absolute atomic E-state index is 12.9. The number of likely N-dealkylation sites (N-methyl/N-ethyl adjacent to an activating group) is 1. The number of quaternary nitrogens is 1. The average molecular weight is 1030 g/mol. The number of hydrogen-bond donors (Lipinski definition) is 0. The number of ether oxygens (including phenoxy) is 4. The lowest BCUT2D eigenvalue weighted by Gasteiger charge is -2.26. The zero-order chi connectivity index (χ0) is 54.1. The quantitative estimate of drug-likeness (QED) is 0.0195. The van der Waals surface area contributed by atoms with Crippen LogP contribution in [0.2, 0.25) is 0 Å². The number of carbonyl (C=O) groups excluding carboxylic acids is 3. The minimum absolute atomic E-state index is 0.142. The first-order valence-electron chi connectivity index (χ1n) is 29.9. The molecule has 0 N–H and O–H groups in total. The highest BCUT2D eigenvalue weighted by atomic mass is 16.7. The van der Waals surface area contributed by atoms with E-state index in [1.807, 2.05) is 21.1 Å². The van der Waals surface area contributed by atoms with Crippen molar-refractivity contribution in [3.8, 4) is 0 Å². The van der Waals surface area contributed by atoms with E-state index >= 15 is 0 Å². The second-order valence-electron chi connectivity index (χ2n) is 20.9. The fourth-order valence-corrected chi connectivity index (χ4v) is 7.98. The first-order chi connectivity index (χ1) is 36.1. The molecule has 9 heteroatoms. The van der Waals surface area contributed by atoms with Gasteiger partial charge in [0.1, 0.15) is 13.2 Å². The molecule has 0 rings (SSSR count). The molecule has 0 saturated carbocycles. The summed E-state index contributed by atoms with van der Waals surface area (Å²) in [5.74, 6) is -2.30. The summed E-state index contributed by atoms with van der Waals surface area (Å²) in [5, 5.41) is 11.8. The molecule has 0 bridgehead atoms. The van der Waals surface area contributed by atoms with E-state index in [1.54, 1.807) is 0 Å². The van der Waals surface area contributed by atoms with Gasteiger partial charge in [-0.1, -0.05) is 227 Å². The maximum atomic E-state index is 12.9. The highest BCUT2D eigenvalue weighted by Crippen LogP contribution is 2.16. The van der Waals surface area contributed by atoms with E-state index in [1.165, 1.54) is 103 Å². The van der Waals surface area contributed by atoms with Gasteiger partial charge >= 0.3 is 11.9 Å². The number of nitrogens with zero attached hydrogens (tertiary/aromatic N) is 1. The molecule has 0 aliphatic carbocycles. The van der Waals surface area contributed by atoms with E-state index in [2.05, 4.69) is 111 Å². The molecule has 74 heavy (non-hydrogen) atoms. The molecule has 0 aromatic rings. The van der Waals surface area contributed by atoms with Crippen molar-refractivity contribution in [3.05, 3.63) is 97.2 Å². The lowest BCUT2D eigenvalue weighted by atomic mass is 10.0. The van der Waals surface area contributed by atoms with Crippen molar-refractivity contribution in [2.75, 3.05) is 47.5 Å². The Morgan fingerprint density at radius 1 is 0.419 bits per heavy atom. The number of esters is 2. The topological polar surface area (TPSA) is 111 Å². The maximum Gasteiger partial charge on any atom is 0.306 e. The molecule has 0 spiro atoms. The Bertz CT molecular complexity index is 1530. The molecule has 0 aromatic carbocycles. The largest absolute Gasteiger partial charge is 0.545 e. The smallest absolute Gasteiger partial charge is 0.306 e. The summed E-state index contributed by atoms with van der Waals surface area (Å²) in [7, 11) is 5.91. The van der Waals surface area contributed by atoms with Crippen molar-refractivity contribution >= 4 is 17.9 Å². The predicted molar refractivity (Wildman–Crippen MR) is 311 cm³/mol. The van der Waals surface area contributed by atoms with Crippen molar-refractivity contribution in [2.45, 2.75) is 251 Å². The number of hydrogen-bond acceptors (Lipinski definition) is 8. The Labute approximate surface area is 454 Å². The lowest BCUT2D eigenvalue weighted by molar-refractivity contribution is -0.870. The SMILES string of the molecule is CC/C=C\C/C=C\C/C=C\C/C=C\C/C=C\C/C=C\CCCCCCCCCCCCCCCCC(=O)OC(COC(=O)CCCCCCC/C=C\C/C=C\CCCCCC)COC(OCC[N+](C)(C)C)C(=O)[O-]. The van der Waals surface area contributed by atoms with Gasteiger partial charge in [0.15, 0.2) is 12.4 Å². The van der Waals surface area contributed by atoms with E-state index in [0.29, 0.717) is 17.4 Å². The summed E-state index contributed by atoms with van der Waals surface area (Å²) >= 11 is 0. The fourth-order valence-electron chi connectivity index (χ4n) is 7.98. The fraction of sp³-hybridized carbons (Fsp3) is 0.708. The third kappa shape index (κ3) is 55.9. The van der Waals surface area contributed by atoms with Crippen LogP contribution in [0.15, 0.2) is 97.2 Å². The Morgan fingerprint density at radius 3 is 1.15 bits per heavy atom. The van der Waals surface area contributed by atoms with Crippen LogP contribution in [0.4, 0.5) is 0 Å². The normalized spacial score (nSPS) is 13.5. The Hall–Kier alpha value is -3.79. The first kappa shape index (κ1) is 70.2. The molecule has 0 aromatic heterocycles. The Morgan fingerprint density at radius 2 is 0.770 bits per heavy atom. The number of allylic oxidation sites excluding steroid dienone is 16. The van der Waals surface area contributed by atoms with Gasteiger partial charge in [0, 0.05) is 12.8 Å². The summed E-state index contributed by atoms with van der Waals surface area (Å²) in [6.45, 7) is 4.60. The zero-order valence-electron chi connectivity index (χ0n) is 48.2. The highest BCUT2D eigenvalue weighted by Gasteiger charge is 2.22. The molecule has 2 atom stereocenters. The minimum atomic E-state index is -1.63. The second-order valence-corrected chi connectivity index (χ2v) is 20.9. The number of unbranched alkanes of at least 4 members (excludes halogenated alkanes) is 23. The molecular weight excluding hydrogens is 923 g/mol. The molecular formula is C65H111NO8. The summed E-state index contributed by atoms with van der Waals surface area (Å²) in [6, 6.07) is 0. The molecule has 0 heterocycles. The van der Waals surface area contributed by atoms with E-state index in [-0.39, 0.29) is 38.6 Å². The molecule has 0 aliphatic rings. The van der Waals surface area contributed by atoms with Gasteiger partial charge in [-0.3, -0.25) is 9.59 Å². The van der Waals surface area contributed by atoms with Crippen LogP contribution in [-0.4, -0.2) is 82.3 Å². The van der Waals surface area contributed by atoms with Crippen LogP contribution in [-0.2, 0) is 33.3 Å². The number of carbonyl (C=O) groups is 3. The van der Waals surface area contributed by atoms with Gasteiger partial charge in [0.05, 0.1) is 40.3 Å². The molecule has 0 amide bonds. The third-order valence-electron chi connectivity index (χ3n) is 12.6. The predicted octanol–water partition coefficient (Wildman–Crippen LogP) is 16.4. The van der Waals surface area contributed by atoms with Crippen molar-refractivity contribution < 1.29 is 42.9 Å². The van der Waals surface area contributed by atoms with Gasteiger partial charge in [-0.05, 0) is 96.3 Å². The molecule has 9 nitrogen and oxygen atoms in total. The van der Waals surface area contributed by atoms with Gasteiger partial charge in [-0.15, -0.1) is 0 Å². The van der Waals surface area contributed by atoms with Crippen LogP contribution in [0.5, 0.6) is 0 Å². The standard InChI is InChI=1S/C65H111NO8/c1-6-8-10-12-14-16-18-20-22-24-25-26-27-28-29-30-31-32-33-34-35-36-37-38-39-40-42-44-46-48-50-52-54-56-63(68)74-61(60-73-65(64(69)70)71-58-57-66(3,4)5)59-72-62(67)55-53-51-49-47-45-43-41-23-21-19-17-15-13-11-9-7-2/h8,10,14,16-17,19-20,22-23,25-26,28-29,31-32,41,61,65H,6-7,9,11-13,15,18,21,24,27,30,33-40,42-60H2,1-5H3/b10-8-,16-14-,19-17-,22-20-,26-25-,29-28-,32-31-,41-23-. The van der Waals surface area contributed by atoms with Crippen LogP contribution >= 0.6 is 0 Å². The summed E-state index contributed by atoms with van der Waals surface area (Å²) < 4.78 is 22.7. The molecule has 424 valence electrons. The van der Waals surface area contributed by atoms with Gasteiger partial charge in [0.25, 0.3) is 0 Å². The second kappa shape index (κ2) is 55.4. The van der Waals surface area contributed by atoms with E-state index < -0.39 is 24.3 Å². The van der Waals surface area contributed by atoms with Gasteiger partial charge in [0.2, 0.25) is 0 Å². The Balaban J connectivity index is 4.17. The van der Waals surface area contributed by atoms with Crippen LogP contribution in [0.3, 0.4) is 0 Å². The number of rotatable bonds is 54. The summed E-state index contributed by atoms with van der Waals surface area (Å²) in [6.07, 6.45) is 71.7. The van der Waals surface area contributed by atoms with Gasteiger partial charge in [-0.25, -0.2) is 0 Å². The van der Waals surface area contributed by atoms with Crippen molar-refractivity contribution in [1.29, 1.82) is 0 Å². The average Bonchev–Trinajstić information content (AvgIpc) is 3.37. The first-order valence-corrected chi connectivity index (χ1v) is 29.9. The van der Waals surface area contributed by atoms with Gasteiger partial charge < -0.3 is 33.3 Å². The molecule has 0 saturated heterocycles. The van der Waals surface area contributed by atoms with Crippen LogP contribution in [0.25, 0.3) is 0 Å². The summed E-state index contributed by atoms with van der Waals surface area (Å²) in [4.78, 5) is 37.3. The minimum Gasteiger partial charge on any atom is -0.545 e. The monoisotopic (exact) mass is 1030 g/mol. The van der Waals surface area contributed by atoms with Crippen LogP contribution in [0, 0.1) is 0 Å². The zero-order valence-corrected chi connectivity index (χ0v) is 48.2. The summed E-state index contributed by atoms with van der Waals surface area (Å²) in [5.41, 5.74) is 0. The lowest BCUT2D eigenvalue weighted by Crippen LogP contribution is -2.44. The third-order valence-corrected chi connectivity index (χ3v) is 12.6. The number of aliphatic carboxylic acids is 1. The van der Waals surface area contributed by atoms with Crippen molar-refractivity contribution in [2.24, 2.45) is 0 Å². The highest BCUT2D eigenvalue weighted by molar-refractivity contribution is 5.70. The molecule has 0 radical (unpaired) electrons. The van der Waals surface area contributed by atoms with Crippen LogP contribution < -0.4 is 5.11 Å². The van der Waals surface area contributed by atoms with Crippen molar-refractivity contribution in [1.82, 2.24) is 0 Å². The number of carboxylic acid groups (broad SMARTS) is 1. The van der Waals surface area contributed by atoms with E-state index in [0.717, 1.165) is 103 Å². The van der Waals surface area contributed by atoms with E-state index in [4.69, 9.17) is 18.9 Å². The van der Waals surface area contributed by atoms with Crippen LogP contribution in [0.1, 0.15) is 239 Å². The number of carboxylic acids is 1. The molecule has 2 unspecified atom stereocenters. The van der Waals surface area contributed by atoms with Gasteiger partial charge in [-0.2, -0.15) is 0 Å². The van der Waals surface area contributed by atoms with Crippen molar-refractivity contribution in [3.63, 3.8) is 0 Å². The molecule has 0 aliphatic heterocycles.